The molecule has 4 heteroatoms. The molecule has 4 heterocycles. The van der Waals surface area contributed by atoms with Crippen LogP contribution in [-0.4, -0.2) is 13.5 Å². The van der Waals surface area contributed by atoms with Gasteiger partial charge in [-0.25, -0.2) is 0 Å². The molecular weight excluding hydrogens is 777 g/mol. The van der Waals surface area contributed by atoms with E-state index in [-0.39, 0.29) is 0 Å². The molecule has 4 nitrogen and oxygen atoms in total. The maximum atomic E-state index is 2.44. The number of para-hydroxylation sites is 6. The van der Waals surface area contributed by atoms with Crippen LogP contribution >= 0.6 is 0 Å². The van der Waals surface area contributed by atoms with Crippen LogP contribution < -0.4 is 4.90 Å². The Bertz CT molecular complexity index is 3760. The fourth-order valence-electron chi connectivity index (χ4n) is 10.8. The smallest absolute Gasteiger partial charge is 0.0620 e. The Morgan fingerprint density at radius 3 is 0.906 bits per heavy atom. The van der Waals surface area contributed by atoms with Gasteiger partial charge in [-0.3, -0.25) is 0 Å². The van der Waals surface area contributed by atoms with Gasteiger partial charge in [0.1, 0.15) is 0 Å². The van der Waals surface area contributed by atoms with Crippen molar-refractivity contribution >= 4 is 98.8 Å². The maximum Gasteiger partial charge on any atom is 0.0620 e. The van der Waals surface area contributed by atoms with Gasteiger partial charge in [-0.2, -0.15) is 0 Å². The van der Waals surface area contributed by atoms with Gasteiger partial charge in [-0.15, -0.1) is 0 Å². The largest absolute Gasteiger partial charge is 0.311 e. The average Bonchev–Trinajstić information content (AvgIpc) is 4.09. The molecule has 0 bridgehead atoms. The minimum atomic E-state index is 1.08. The monoisotopic (exact) mass is 814 g/mol. The summed E-state index contributed by atoms with van der Waals surface area (Å²) < 4.78 is 7.21. The summed E-state index contributed by atoms with van der Waals surface area (Å²) in [4.78, 5) is 2.38. The number of fused-ring (bicyclic) bond motifs is 12. The topological polar surface area (TPSA) is 17.5 Å². The molecule has 10 aromatic carbocycles. The first-order valence-electron chi connectivity index (χ1n) is 22.0. The highest BCUT2D eigenvalue weighted by molar-refractivity contribution is 6.24. The van der Waals surface area contributed by atoms with E-state index in [4.69, 9.17) is 0 Å². The molecule has 64 heavy (non-hydrogen) atoms. The molecule has 0 saturated carbocycles. The summed E-state index contributed by atoms with van der Waals surface area (Å²) in [7, 11) is 0. The molecule has 0 aliphatic rings. The summed E-state index contributed by atoms with van der Waals surface area (Å²) >= 11 is 0. The number of nitrogens with zero attached hydrogens (tertiary/aromatic N) is 4. The van der Waals surface area contributed by atoms with E-state index >= 15 is 0 Å². The van der Waals surface area contributed by atoms with Crippen LogP contribution in [0.5, 0.6) is 0 Å². The third-order valence-electron chi connectivity index (χ3n) is 13.6. The second-order valence-corrected chi connectivity index (χ2v) is 16.9. The van der Waals surface area contributed by atoms with Gasteiger partial charge in [0.05, 0.1) is 38.6 Å². The number of benzene rings is 10. The molecule has 0 spiro atoms. The molecule has 0 unspecified atom stereocenters. The molecule has 0 aliphatic carbocycles. The lowest BCUT2D eigenvalue weighted by atomic mass is 9.99. The fraction of sp³-hybridized carbons (Fsp3) is 0. The van der Waals surface area contributed by atoms with Crippen LogP contribution in [0, 0.1) is 0 Å². The minimum Gasteiger partial charge on any atom is -0.311 e. The zero-order valence-corrected chi connectivity index (χ0v) is 34.7. The van der Waals surface area contributed by atoms with Crippen LogP contribution in [0.4, 0.5) is 17.1 Å². The Morgan fingerprint density at radius 2 is 0.547 bits per heavy atom. The van der Waals surface area contributed by atoms with E-state index in [9.17, 15) is 0 Å². The van der Waals surface area contributed by atoms with Crippen LogP contribution in [0.2, 0.25) is 0 Å². The van der Waals surface area contributed by atoms with Crippen molar-refractivity contribution in [3.8, 4) is 22.5 Å². The van der Waals surface area contributed by atoms with Crippen molar-refractivity contribution in [3.05, 3.63) is 231 Å². The zero-order valence-electron chi connectivity index (χ0n) is 34.7. The van der Waals surface area contributed by atoms with Crippen LogP contribution in [0.25, 0.3) is 104 Å². The van der Waals surface area contributed by atoms with Gasteiger partial charge < -0.3 is 18.4 Å². The molecule has 14 rings (SSSR count). The van der Waals surface area contributed by atoms with E-state index in [0.29, 0.717) is 0 Å². The molecular formula is C60H38N4. The number of rotatable bonds is 6. The van der Waals surface area contributed by atoms with E-state index in [0.717, 1.165) is 28.4 Å². The van der Waals surface area contributed by atoms with E-state index in [1.807, 2.05) is 0 Å². The number of aromatic nitrogens is 3. The predicted molar refractivity (Wildman–Crippen MR) is 270 cm³/mol. The maximum absolute atomic E-state index is 2.44. The van der Waals surface area contributed by atoms with Crippen molar-refractivity contribution in [2.45, 2.75) is 0 Å². The summed E-state index contributed by atoms with van der Waals surface area (Å²) in [5.74, 6) is 0. The van der Waals surface area contributed by atoms with Gasteiger partial charge in [0.15, 0.2) is 0 Å². The lowest BCUT2D eigenvalue weighted by Gasteiger charge is -2.26. The molecule has 298 valence electrons. The normalized spacial score (nSPS) is 12.1. The van der Waals surface area contributed by atoms with Gasteiger partial charge in [0.25, 0.3) is 0 Å². The lowest BCUT2D eigenvalue weighted by Crippen LogP contribution is -2.10. The second-order valence-electron chi connectivity index (χ2n) is 16.9. The van der Waals surface area contributed by atoms with Gasteiger partial charge in [0.2, 0.25) is 0 Å². The Labute approximate surface area is 368 Å². The Hall–Kier alpha value is -8.60. The Balaban J connectivity index is 0.909. The van der Waals surface area contributed by atoms with Crippen LogP contribution in [0.3, 0.4) is 0 Å². The highest BCUT2D eigenvalue weighted by atomic mass is 15.1. The van der Waals surface area contributed by atoms with Crippen molar-refractivity contribution in [1.29, 1.82) is 0 Å². The first kappa shape index (κ1) is 35.0. The van der Waals surface area contributed by atoms with E-state index < -0.39 is 0 Å². The molecule has 0 aliphatic heterocycles. The molecule has 0 atom stereocenters. The van der Waals surface area contributed by atoms with Gasteiger partial charge >= 0.3 is 0 Å². The first-order valence-corrected chi connectivity index (χ1v) is 22.0. The van der Waals surface area contributed by atoms with E-state index in [1.165, 1.54) is 92.8 Å². The van der Waals surface area contributed by atoms with Crippen LogP contribution in [-0.2, 0) is 0 Å². The van der Waals surface area contributed by atoms with E-state index in [2.05, 4.69) is 249 Å². The Morgan fingerprint density at radius 1 is 0.250 bits per heavy atom. The third-order valence-corrected chi connectivity index (χ3v) is 13.6. The van der Waals surface area contributed by atoms with Gasteiger partial charge in [-0.1, -0.05) is 121 Å². The molecule has 14 aromatic rings. The Kier molecular flexibility index (Phi) is 7.36. The summed E-state index contributed by atoms with van der Waals surface area (Å²) in [6, 6.07) is 84.4. The van der Waals surface area contributed by atoms with Crippen molar-refractivity contribution in [2.75, 3.05) is 4.90 Å². The molecule has 0 fully saturated rings. The van der Waals surface area contributed by atoms with Gasteiger partial charge in [0, 0.05) is 71.5 Å². The molecule has 0 amide bonds. The summed E-state index contributed by atoms with van der Waals surface area (Å²) in [6.45, 7) is 0. The van der Waals surface area contributed by atoms with Crippen molar-refractivity contribution in [3.63, 3.8) is 0 Å². The number of hydrogen-bond acceptors (Lipinski definition) is 1. The van der Waals surface area contributed by atoms with Crippen LogP contribution in [0.15, 0.2) is 231 Å². The van der Waals surface area contributed by atoms with Crippen molar-refractivity contribution in [2.24, 2.45) is 0 Å². The highest BCUT2D eigenvalue weighted by Gasteiger charge is 2.20. The first-order chi connectivity index (χ1) is 31.8. The fourth-order valence-corrected chi connectivity index (χ4v) is 10.8. The summed E-state index contributed by atoms with van der Waals surface area (Å²) in [6.07, 6.45) is 0. The van der Waals surface area contributed by atoms with E-state index in [1.54, 1.807) is 0 Å². The minimum absolute atomic E-state index is 1.08. The predicted octanol–water partition coefficient (Wildman–Crippen LogP) is 16.2. The summed E-state index contributed by atoms with van der Waals surface area (Å²) in [5.41, 5.74) is 16.5. The van der Waals surface area contributed by atoms with Crippen molar-refractivity contribution < 1.29 is 0 Å². The van der Waals surface area contributed by atoms with Crippen LogP contribution in [0.1, 0.15) is 0 Å². The number of hydrogen-bond donors (Lipinski definition) is 0. The molecule has 4 aromatic heterocycles. The van der Waals surface area contributed by atoms with Crippen molar-refractivity contribution in [1.82, 2.24) is 13.5 Å². The number of anilines is 3. The molecule has 0 radical (unpaired) electrons. The third kappa shape index (κ3) is 4.99. The summed E-state index contributed by atoms with van der Waals surface area (Å²) in [5, 5.41) is 10.2. The molecule has 0 saturated heterocycles. The SMILES string of the molecule is c1ccc2c(c1)c1ccccc1n2-c1ccc(N(c2ccc(-c3cc4c5ccccc5n5c6ccccc6c(c3)c45)cc2)c2ccc(-n3c4ccccc4c4ccccc43)cc2)cc1. The highest BCUT2D eigenvalue weighted by Crippen LogP contribution is 2.43. The lowest BCUT2D eigenvalue weighted by molar-refractivity contribution is 1.17. The molecule has 0 N–H and O–H groups in total. The van der Waals surface area contributed by atoms with Gasteiger partial charge in [-0.05, 0) is 120 Å². The quantitative estimate of drug-likeness (QED) is 0.163. The second kappa shape index (κ2) is 13.4. The average molecular weight is 815 g/mol. The standard InChI is InChI=1S/C60H38N4/c1-7-19-54-46(13-1)47-14-2-8-20-55(47)62(54)44-33-29-42(30-34-44)61(43-31-35-45(36-32-43)63-56-21-9-3-15-48(56)49-16-4-10-22-57(49)63)41-27-25-39(26-28-41)40-37-52-50-17-5-11-23-58(50)64-59-24-12-6-18-51(59)53(38-40)60(52)64/h1-38H. The zero-order chi connectivity index (χ0) is 41.9.